The van der Waals surface area contributed by atoms with Crippen LogP contribution in [0.4, 0.5) is 0 Å². The number of benzene rings is 1. The maximum absolute atomic E-state index is 11.2. The van der Waals surface area contributed by atoms with Crippen LogP contribution in [0.3, 0.4) is 0 Å². The van der Waals surface area contributed by atoms with Crippen molar-refractivity contribution in [3.8, 4) is 17.5 Å². The summed E-state index contributed by atoms with van der Waals surface area (Å²) in [6.45, 7) is 4.18. The molecule has 0 amide bonds. The first-order chi connectivity index (χ1) is 9.60. The molecule has 0 fully saturated rings. The van der Waals surface area contributed by atoms with Crippen LogP contribution in [0.2, 0.25) is 0 Å². The fourth-order valence-electron chi connectivity index (χ4n) is 1.69. The summed E-state index contributed by atoms with van der Waals surface area (Å²) in [4.78, 5) is 15.4. The van der Waals surface area contributed by atoms with E-state index in [-0.39, 0.29) is 11.3 Å². The number of carboxylic acid groups (broad SMARTS) is 1. The van der Waals surface area contributed by atoms with E-state index < -0.39 is 5.97 Å². The van der Waals surface area contributed by atoms with Crippen molar-refractivity contribution in [3.63, 3.8) is 0 Å². The minimum Gasteiger partial charge on any atom is -0.478 e. The Morgan fingerprint density at radius 2 is 2.00 bits per heavy atom. The normalized spacial score (nSPS) is 10.1. The van der Waals surface area contributed by atoms with Gasteiger partial charge in [-0.1, -0.05) is 17.7 Å². The minimum atomic E-state index is -1.04. The third kappa shape index (κ3) is 3.26. The lowest BCUT2D eigenvalue weighted by Crippen LogP contribution is -2.01. The van der Waals surface area contributed by atoms with Crippen LogP contribution >= 0.6 is 0 Å². The van der Waals surface area contributed by atoms with Crippen LogP contribution in [-0.4, -0.2) is 22.7 Å². The fourth-order valence-corrected chi connectivity index (χ4v) is 1.69. The van der Waals surface area contributed by atoms with Gasteiger partial charge in [0.15, 0.2) is 0 Å². The van der Waals surface area contributed by atoms with Gasteiger partial charge in [0.25, 0.3) is 0 Å². The summed E-state index contributed by atoms with van der Waals surface area (Å²) < 4.78 is 10.8. The Morgan fingerprint density at radius 3 is 2.70 bits per heavy atom. The van der Waals surface area contributed by atoms with Gasteiger partial charge in [0.05, 0.1) is 6.61 Å². The Balaban J connectivity index is 2.30. The zero-order valence-corrected chi connectivity index (χ0v) is 11.3. The number of nitrogens with zero attached hydrogens (tertiary/aromatic N) is 1. The standard InChI is InChI=1S/C15H15NO4/c1-3-19-13-5-4-6-14(16-13)20-12-8-7-10(2)9-11(12)15(17)18/h4-9H,3H2,1-2H3,(H,17,18). The van der Waals surface area contributed by atoms with E-state index in [0.29, 0.717) is 18.4 Å². The van der Waals surface area contributed by atoms with Crippen LogP contribution in [0.5, 0.6) is 17.5 Å². The highest BCUT2D eigenvalue weighted by molar-refractivity contribution is 5.91. The highest BCUT2D eigenvalue weighted by atomic mass is 16.5. The number of aromatic carboxylic acids is 1. The molecule has 0 unspecified atom stereocenters. The Kier molecular flexibility index (Phi) is 4.20. The molecule has 1 heterocycles. The molecule has 5 nitrogen and oxygen atoms in total. The number of ether oxygens (including phenoxy) is 2. The largest absolute Gasteiger partial charge is 0.478 e. The quantitative estimate of drug-likeness (QED) is 0.905. The van der Waals surface area contributed by atoms with Crippen molar-refractivity contribution >= 4 is 5.97 Å². The van der Waals surface area contributed by atoms with Crippen LogP contribution in [0.1, 0.15) is 22.8 Å². The Morgan fingerprint density at radius 1 is 1.25 bits per heavy atom. The first-order valence-corrected chi connectivity index (χ1v) is 6.22. The van der Waals surface area contributed by atoms with Crippen molar-refractivity contribution in [2.75, 3.05) is 6.61 Å². The third-order valence-corrected chi connectivity index (χ3v) is 2.57. The third-order valence-electron chi connectivity index (χ3n) is 2.57. The zero-order chi connectivity index (χ0) is 14.5. The van der Waals surface area contributed by atoms with E-state index in [4.69, 9.17) is 9.47 Å². The Hall–Kier alpha value is -2.56. The van der Waals surface area contributed by atoms with Gasteiger partial charge in [-0.3, -0.25) is 0 Å². The molecule has 1 aromatic heterocycles. The van der Waals surface area contributed by atoms with Gasteiger partial charge in [0.2, 0.25) is 11.8 Å². The molecule has 0 aliphatic heterocycles. The lowest BCUT2D eigenvalue weighted by atomic mass is 10.1. The molecule has 2 rings (SSSR count). The molecule has 2 aromatic rings. The number of carbonyl (C=O) groups is 1. The molecule has 0 aliphatic carbocycles. The van der Waals surface area contributed by atoms with E-state index in [1.165, 1.54) is 0 Å². The highest BCUT2D eigenvalue weighted by Gasteiger charge is 2.13. The van der Waals surface area contributed by atoms with Gasteiger partial charge in [0.1, 0.15) is 11.3 Å². The van der Waals surface area contributed by atoms with Crippen LogP contribution in [-0.2, 0) is 0 Å². The number of aryl methyl sites for hydroxylation is 1. The van der Waals surface area contributed by atoms with Gasteiger partial charge < -0.3 is 14.6 Å². The monoisotopic (exact) mass is 273 g/mol. The molecule has 0 atom stereocenters. The molecule has 0 aliphatic rings. The van der Waals surface area contributed by atoms with Crippen molar-refractivity contribution in [1.29, 1.82) is 0 Å². The lowest BCUT2D eigenvalue weighted by Gasteiger charge is -2.09. The summed E-state index contributed by atoms with van der Waals surface area (Å²) in [6.07, 6.45) is 0. The lowest BCUT2D eigenvalue weighted by molar-refractivity contribution is 0.0694. The molecular formula is C15H15NO4. The first kappa shape index (κ1) is 13.9. The zero-order valence-electron chi connectivity index (χ0n) is 11.3. The topological polar surface area (TPSA) is 68.7 Å². The second-order valence-corrected chi connectivity index (χ2v) is 4.15. The number of hydrogen-bond acceptors (Lipinski definition) is 4. The average Bonchev–Trinajstić information content (AvgIpc) is 2.41. The second-order valence-electron chi connectivity index (χ2n) is 4.15. The average molecular weight is 273 g/mol. The number of pyridine rings is 1. The second kappa shape index (κ2) is 6.06. The molecule has 1 N–H and O–H groups in total. The molecule has 0 saturated carbocycles. The van der Waals surface area contributed by atoms with Crippen molar-refractivity contribution < 1.29 is 19.4 Å². The van der Waals surface area contributed by atoms with Crippen molar-refractivity contribution in [1.82, 2.24) is 4.98 Å². The summed E-state index contributed by atoms with van der Waals surface area (Å²) in [5, 5.41) is 9.18. The molecule has 104 valence electrons. The molecule has 0 bridgehead atoms. The van der Waals surface area contributed by atoms with Crippen molar-refractivity contribution in [2.45, 2.75) is 13.8 Å². The molecule has 0 radical (unpaired) electrons. The number of aromatic nitrogens is 1. The molecule has 5 heteroatoms. The number of hydrogen-bond donors (Lipinski definition) is 1. The summed E-state index contributed by atoms with van der Waals surface area (Å²) in [5.41, 5.74) is 0.958. The molecule has 20 heavy (non-hydrogen) atoms. The van der Waals surface area contributed by atoms with Gasteiger partial charge in [-0.05, 0) is 26.0 Å². The first-order valence-electron chi connectivity index (χ1n) is 6.22. The molecule has 1 aromatic carbocycles. The molecule has 0 spiro atoms. The summed E-state index contributed by atoms with van der Waals surface area (Å²) in [7, 11) is 0. The fraction of sp³-hybridized carbons (Fsp3) is 0.200. The van der Waals surface area contributed by atoms with E-state index in [1.807, 2.05) is 13.8 Å². The van der Waals surface area contributed by atoms with Crippen LogP contribution < -0.4 is 9.47 Å². The predicted molar refractivity (Wildman–Crippen MR) is 73.6 cm³/mol. The number of carboxylic acids is 1. The van der Waals surface area contributed by atoms with Gasteiger partial charge in [-0.2, -0.15) is 4.98 Å². The van der Waals surface area contributed by atoms with E-state index in [9.17, 15) is 9.90 Å². The van der Waals surface area contributed by atoms with Crippen LogP contribution in [0, 0.1) is 6.92 Å². The summed E-state index contributed by atoms with van der Waals surface area (Å²) in [6, 6.07) is 10.1. The van der Waals surface area contributed by atoms with Crippen molar-refractivity contribution in [2.24, 2.45) is 0 Å². The summed E-state index contributed by atoms with van der Waals surface area (Å²) in [5.74, 6) is -0.0507. The van der Waals surface area contributed by atoms with Crippen LogP contribution in [0.25, 0.3) is 0 Å². The Bertz CT molecular complexity index is 625. The predicted octanol–water partition coefficient (Wildman–Crippen LogP) is 3.28. The smallest absolute Gasteiger partial charge is 0.339 e. The summed E-state index contributed by atoms with van der Waals surface area (Å²) >= 11 is 0. The maximum Gasteiger partial charge on any atom is 0.339 e. The SMILES string of the molecule is CCOc1cccc(Oc2ccc(C)cc2C(=O)O)n1. The van der Waals surface area contributed by atoms with E-state index >= 15 is 0 Å². The molecular weight excluding hydrogens is 258 g/mol. The Labute approximate surface area is 116 Å². The number of rotatable bonds is 5. The van der Waals surface area contributed by atoms with Gasteiger partial charge in [-0.25, -0.2) is 4.79 Å². The van der Waals surface area contributed by atoms with E-state index in [0.717, 1.165) is 5.56 Å². The highest BCUT2D eigenvalue weighted by Crippen LogP contribution is 2.26. The van der Waals surface area contributed by atoms with Gasteiger partial charge >= 0.3 is 5.97 Å². The molecule has 0 saturated heterocycles. The van der Waals surface area contributed by atoms with E-state index in [2.05, 4.69) is 4.98 Å². The maximum atomic E-state index is 11.2. The van der Waals surface area contributed by atoms with Gasteiger partial charge in [-0.15, -0.1) is 0 Å². The minimum absolute atomic E-state index is 0.105. The van der Waals surface area contributed by atoms with E-state index in [1.54, 1.807) is 36.4 Å². The van der Waals surface area contributed by atoms with Crippen LogP contribution in [0.15, 0.2) is 36.4 Å². The van der Waals surface area contributed by atoms with Crippen molar-refractivity contribution in [3.05, 3.63) is 47.5 Å². The van der Waals surface area contributed by atoms with Gasteiger partial charge in [0, 0.05) is 12.1 Å².